The SMILES string of the molecule is Clc1ccc2c(NN=C3C4CC5CC(C4)CC3C5)ccnc2c1. The van der Waals surface area contributed by atoms with Crippen LogP contribution in [0.4, 0.5) is 5.69 Å². The number of aromatic nitrogens is 1. The second-order valence-electron chi connectivity index (χ2n) is 7.47. The van der Waals surface area contributed by atoms with Crippen LogP contribution in [0.2, 0.25) is 5.02 Å². The molecule has 3 nitrogen and oxygen atoms in total. The zero-order valence-corrected chi connectivity index (χ0v) is 13.8. The lowest BCUT2D eigenvalue weighted by Gasteiger charge is -2.50. The Morgan fingerprint density at radius 3 is 2.48 bits per heavy atom. The number of hydrogen-bond donors (Lipinski definition) is 1. The average molecular weight is 326 g/mol. The summed E-state index contributed by atoms with van der Waals surface area (Å²) in [5.41, 5.74) is 6.70. The quantitative estimate of drug-likeness (QED) is 0.779. The second kappa shape index (κ2) is 5.20. The minimum absolute atomic E-state index is 0.717. The van der Waals surface area contributed by atoms with Gasteiger partial charge in [0.1, 0.15) is 0 Å². The standard InChI is InChI=1S/C19H20ClN3/c20-15-1-2-16-17(3-4-21-18(16)10-15)22-23-19-13-6-11-5-12(8-13)9-14(19)7-11/h1-4,10-14H,5-9H2,(H,21,22). The van der Waals surface area contributed by atoms with E-state index in [1.54, 1.807) is 0 Å². The molecule has 0 unspecified atom stereocenters. The molecular formula is C19H20ClN3. The van der Waals surface area contributed by atoms with E-state index in [9.17, 15) is 0 Å². The highest BCUT2D eigenvalue weighted by Crippen LogP contribution is 2.52. The van der Waals surface area contributed by atoms with Crippen LogP contribution in [0.15, 0.2) is 35.6 Å². The third-order valence-corrected chi connectivity index (χ3v) is 6.22. The van der Waals surface area contributed by atoms with Gasteiger partial charge in [-0.25, -0.2) is 0 Å². The zero-order valence-electron chi connectivity index (χ0n) is 13.0. The molecule has 0 aliphatic heterocycles. The molecule has 1 N–H and O–H groups in total. The molecule has 4 aliphatic carbocycles. The maximum atomic E-state index is 6.06. The van der Waals surface area contributed by atoms with Crippen molar-refractivity contribution in [1.29, 1.82) is 0 Å². The molecule has 0 saturated heterocycles. The van der Waals surface area contributed by atoms with Gasteiger partial charge in [-0.2, -0.15) is 5.10 Å². The van der Waals surface area contributed by atoms with Crippen molar-refractivity contribution < 1.29 is 0 Å². The molecule has 2 aromatic rings. The van der Waals surface area contributed by atoms with Gasteiger partial charge in [0.2, 0.25) is 0 Å². The van der Waals surface area contributed by atoms with E-state index in [1.165, 1.54) is 37.8 Å². The minimum Gasteiger partial charge on any atom is -0.278 e. The number of fused-ring (bicyclic) bond motifs is 1. The number of halogens is 1. The lowest BCUT2D eigenvalue weighted by molar-refractivity contribution is 0.108. The first-order chi connectivity index (χ1) is 11.3. The molecule has 0 amide bonds. The number of nitrogens with one attached hydrogen (secondary N) is 1. The Labute approximate surface area is 141 Å². The second-order valence-corrected chi connectivity index (χ2v) is 7.91. The van der Waals surface area contributed by atoms with E-state index >= 15 is 0 Å². The minimum atomic E-state index is 0.717. The van der Waals surface area contributed by atoms with Gasteiger partial charge < -0.3 is 0 Å². The lowest BCUT2D eigenvalue weighted by Crippen LogP contribution is -2.45. The van der Waals surface area contributed by atoms with Crippen molar-refractivity contribution in [2.24, 2.45) is 28.8 Å². The Balaban J connectivity index is 1.46. The maximum absolute atomic E-state index is 6.06. The van der Waals surface area contributed by atoms with E-state index in [-0.39, 0.29) is 0 Å². The number of nitrogens with zero attached hydrogens (tertiary/aromatic N) is 2. The number of rotatable bonds is 2. The van der Waals surface area contributed by atoms with Crippen LogP contribution < -0.4 is 5.43 Å². The Hall–Kier alpha value is -1.61. The van der Waals surface area contributed by atoms with Gasteiger partial charge in [-0.05, 0) is 80.0 Å². The smallest absolute Gasteiger partial charge is 0.0738 e. The van der Waals surface area contributed by atoms with Crippen LogP contribution in [0, 0.1) is 23.7 Å². The van der Waals surface area contributed by atoms with Crippen LogP contribution in [0.5, 0.6) is 0 Å². The monoisotopic (exact) mass is 325 g/mol. The molecule has 4 fully saturated rings. The summed E-state index contributed by atoms with van der Waals surface area (Å²) in [5.74, 6) is 3.39. The highest BCUT2D eigenvalue weighted by molar-refractivity contribution is 6.31. The van der Waals surface area contributed by atoms with Gasteiger partial charge in [0.15, 0.2) is 0 Å². The van der Waals surface area contributed by atoms with E-state index in [0.717, 1.165) is 45.3 Å². The summed E-state index contributed by atoms with van der Waals surface area (Å²) >= 11 is 6.06. The van der Waals surface area contributed by atoms with Crippen molar-refractivity contribution in [2.75, 3.05) is 5.43 Å². The van der Waals surface area contributed by atoms with Gasteiger partial charge in [-0.3, -0.25) is 10.4 Å². The normalized spacial score (nSPS) is 31.6. The molecule has 1 aromatic heterocycles. The fourth-order valence-electron chi connectivity index (χ4n) is 5.19. The predicted molar refractivity (Wildman–Crippen MR) is 94.9 cm³/mol. The molecule has 118 valence electrons. The first-order valence-corrected chi connectivity index (χ1v) is 9.02. The summed E-state index contributed by atoms with van der Waals surface area (Å²) in [7, 11) is 0. The molecule has 4 heteroatoms. The first kappa shape index (κ1) is 13.8. The van der Waals surface area contributed by atoms with Gasteiger partial charge in [-0.15, -0.1) is 0 Å². The lowest BCUT2D eigenvalue weighted by atomic mass is 9.55. The molecule has 0 spiro atoms. The third kappa shape index (κ3) is 2.33. The van der Waals surface area contributed by atoms with Crippen LogP contribution >= 0.6 is 11.6 Å². The topological polar surface area (TPSA) is 37.3 Å². The van der Waals surface area contributed by atoms with Crippen molar-refractivity contribution in [3.8, 4) is 0 Å². The molecule has 1 aromatic carbocycles. The fraction of sp³-hybridized carbons (Fsp3) is 0.474. The molecule has 23 heavy (non-hydrogen) atoms. The van der Waals surface area contributed by atoms with Gasteiger partial charge >= 0.3 is 0 Å². The van der Waals surface area contributed by atoms with Crippen LogP contribution in [-0.2, 0) is 0 Å². The summed E-state index contributed by atoms with van der Waals surface area (Å²) < 4.78 is 0. The van der Waals surface area contributed by atoms with Crippen molar-refractivity contribution >= 4 is 33.9 Å². The molecule has 4 aliphatic rings. The Kier molecular flexibility index (Phi) is 3.12. The van der Waals surface area contributed by atoms with Crippen LogP contribution in [0.1, 0.15) is 32.1 Å². The van der Waals surface area contributed by atoms with Crippen molar-refractivity contribution in [2.45, 2.75) is 32.1 Å². The Morgan fingerprint density at radius 2 is 1.74 bits per heavy atom. The van der Waals surface area contributed by atoms with E-state index < -0.39 is 0 Å². The Morgan fingerprint density at radius 1 is 1.00 bits per heavy atom. The Bertz CT molecular complexity index is 768. The van der Waals surface area contributed by atoms with Gasteiger partial charge in [0.25, 0.3) is 0 Å². The summed E-state index contributed by atoms with van der Waals surface area (Å²) in [6.07, 6.45) is 8.74. The van der Waals surface area contributed by atoms with E-state index in [4.69, 9.17) is 16.7 Å². The molecule has 0 atom stereocenters. The van der Waals surface area contributed by atoms with Crippen LogP contribution in [0.3, 0.4) is 0 Å². The molecule has 0 radical (unpaired) electrons. The first-order valence-electron chi connectivity index (χ1n) is 8.64. The van der Waals surface area contributed by atoms with Gasteiger partial charge in [0.05, 0.1) is 11.2 Å². The molecule has 4 saturated carbocycles. The number of pyridine rings is 1. The zero-order chi connectivity index (χ0) is 15.4. The van der Waals surface area contributed by atoms with E-state index in [0.29, 0.717) is 0 Å². The van der Waals surface area contributed by atoms with Crippen LogP contribution in [-0.4, -0.2) is 10.7 Å². The maximum Gasteiger partial charge on any atom is 0.0738 e. The number of benzene rings is 1. The van der Waals surface area contributed by atoms with Gasteiger partial charge in [0, 0.05) is 22.3 Å². The number of hydrogen-bond acceptors (Lipinski definition) is 3. The summed E-state index contributed by atoms with van der Waals surface area (Å²) in [6, 6.07) is 7.82. The van der Waals surface area contributed by atoms with Crippen molar-refractivity contribution in [3.05, 3.63) is 35.5 Å². The van der Waals surface area contributed by atoms with E-state index in [2.05, 4.69) is 10.4 Å². The van der Waals surface area contributed by atoms with Crippen molar-refractivity contribution in [3.63, 3.8) is 0 Å². The van der Waals surface area contributed by atoms with E-state index in [1.807, 2.05) is 30.5 Å². The van der Waals surface area contributed by atoms with Gasteiger partial charge in [-0.1, -0.05) is 11.6 Å². The predicted octanol–water partition coefficient (Wildman–Crippen LogP) is 5.11. The molecule has 6 rings (SSSR count). The van der Waals surface area contributed by atoms with Crippen LogP contribution in [0.25, 0.3) is 10.9 Å². The highest BCUT2D eigenvalue weighted by atomic mass is 35.5. The molecule has 1 heterocycles. The van der Waals surface area contributed by atoms with Crippen molar-refractivity contribution in [1.82, 2.24) is 4.98 Å². The molecule has 4 bridgehead atoms. The largest absolute Gasteiger partial charge is 0.278 e. The summed E-state index contributed by atoms with van der Waals surface area (Å²) in [4.78, 5) is 4.40. The average Bonchev–Trinajstić information content (AvgIpc) is 2.53. The summed E-state index contributed by atoms with van der Waals surface area (Å²) in [6.45, 7) is 0. The fourth-order valence-corrected chi connectivity index (χ4v) is 5.36. The number of hydrazone groups is 1. The summed E-state index contributed by atoms with van der Waals surface area (Å²) in [5, 5.41) is 6.66. The highest BCUT2D eigenvalue weighted by Gasteiger charge is 2.46. The third-order valence-electron chi connectivity index (χ3n) is 5.98. The number of anilines is 1. The molecular weight excluding hydrogens is 306 g/mol.